The molecule has 0 unspecified atom stereocenters. The molecule has 16 heavy (non-hydrogen) atoms. The molecule has 1 aromatic heterocycles. The van der Waals surface area contributed by atoms with Crippen molar-refractivity contribution in [3.05, 3.63) is 29.6 Å². The summed E-state index contributed by atoms with van der Waals surface area (Å²) in [6, 6.07) is 2.86. The molecular weight excluding hydrogens is 208 g/mol. The number of hydrogen-bond donors (Lipinski definition) is 1. The number of carbonyl (C=O) groups is 2. The highest BCUT2D eigenvalue weighted by atomic mass is 16.4. The van der Waals surface area contributed by atoms with Gasteiger partial charge in [-0.2, -0.15) is 0 Å². The van der Waals surface area contributed by atoms with Crippen LogP contribution in [0.4, 0.5) is 0 Å². The van der Waals surface area contributed by atoms with Gasteiger partial charge in [-0.15, -0.1) is 0 Å². The lowest BCUT2D eigenvalue weighted by molar-refractivity contribution is 0.0671. The predicted molar refractivity (Wildman–Crippen MR) is 58.4 cm³/mol. The largest absolute Gasteiger partial charge is 0.478 e. The van der Waals surface area contributed by atoms with Gasteiger partial charge in [0.2, 0.25) is 0 Å². The molecule has 0 atom stereocenters. The van der Waals surface area contributed by atoms with E-state index in [0.29, 0.717) is 0 Å². The molecule has 5 nitrogen and oxygen atoms in total. The number of amides is 1. The number of hydrogen-bond acceptors (Lipinski definition) is 3. The molecule has 0 saturated carbocycles. The van der Waals surface area contributed by atoms with Gasteiger partial charge in [0.25, 0.3) is 5.91 Å². The van der Waals surface area contributed by atoms with Crippen LogP contribution >= 0.6 is 0 Å². The maximum atomic E-state index is 11.9. The molecule has 0 spiro atoms. The standard InChI is InChI=1S/C11H14N2O3/c1-7(2)13(3)10(14)9-8(11(15)16)5-4-6-12-9/h4-7H,1-3H3,(H,15,16). The minimum Gasteiger partial charge on any atom is -0.478 e. The Morgan fingerprint density at radius 1 is 1.44 bits per heavy atom. The summed E-state index contributed by atoms with van der Waals surface area (Å²) in [5.74, 6) is -1.53. The second-order valence-electron chi connectivity index (χ2n) is 3.71. The number of rotatable bonds is 3. The van der Waals surface area contributed by atoms with Crippen LogP contribution in [-0.2, 0) is 0 Å². The number of aromatic carboxylic acids is 1. The first kappa shape index (κ1) is 12.2. The third-order valence-corrected chi connectivity index (χ3v) is 2.34. The Balaban J connectivity index is 3.13. The zero-order chi connectivity index (χ0) is 12.3. The second kappa shape index (κ2) is 4.74. The van der Waals surface area contributed by atoms with Crippen molar-refractivity contribution in [1.29, 1.82) is 0 Å². The first-order valence-electron chi connectivity index (χ1n) is 4.90. The summed E-state index contributed by atoms with van der Waals surface area (Å²) in [7, 11) is 1.62. The van der Waals surface area contributed by atoms with Gasteiger partial charge in [0, 0.05) is 19.3 Å². The van der Waals surface area contributed by atoms with Gasteiger partial charge in [-0.1, -0.05) is 0 Å². The summed E-state index contributed by atoms with van der Waals surface area (Å²) in [6.45, 7) is 3.70. The highest BCUT2D eigenvalue weighted by Gasteiger charge is 2.21. The molecule has 0 aliphatic rings. The summed E-state index contributed by atoms with van der Waals surface area (Å²) < 4.78 is 0. The maximum absolute atomic E-state index is 11.9. The Bertz CT molecular complexity index is 415. The number of aromatic nitrogens is 1. The van der Waals surface area contributed by atoms with E-state index in [4.69, 9.17) is 5.11 Å². The minimum absolute atomic E-state index is 0.00356. The fourth-order valence-corrected chi connectivity index (χ4v) is 1.15. The summed E-state index contributed by atoms with van der Waals surface area (Å²) in [6.07, 6.45) is 1.41. The number of carboxylic acids is 1. The molecule has 86 valence electrons. The molecule has 0 radical (unpaired) electrons. The molecule has 5 heteroatoms. The van der Waals surface area contributed by atoms with E-state index in [1.165, 1.54) is 23.2 Å². The Labute approximate surface area is 93.7 Å². The normalized spacial score (nSPS) is 10.2. The molecule has 1 aromatic rings. The van der Waals surface area contributed by atoms with E-state index >= 15 is 0 Å². The van der Waals surface area contributed by atoms with Crippen LogP contribution in [0.15, 0.2) is 18.3 Å². The number of pyridine rings is 1. The van der Waals surface area contributed by atoms with E-state index < -0.39 is 5.97 Å². The highest BCUT2D eigenvalue weighted by molar-refractivity contribution is 6.03. The van der Waals surface area contributed by atoms with Crippen molar-refractivity contribution in [2.75, 3.05) is 7.05 Å². The van der Waals surface area contributed by atoms with E-state index in [9.17, 15) is 9.59 Å². The fourth-order valence-electron chi connectivity index (χ4n) is 1.15. The van der Waals surface area contributed by atoms with E-state index in [1.807, 2.05) is 13.8 Å². The monoisotopic (exact) mass is 222 g/mol. The molecule has 1 heterocycles. The minimum atomic E-state index is -1.14. The van der Waals surface area contributed by atoms with E-state index in [-0.39, 0.29) is 23.2 Å². The van der Waals surface area contributed by atoms with E-state index in [2.05, 4.69) is 4.98 Å². The van der Waals surface area contributed by atoms with Gasteiger partial charge in [-0.3, -0.25) is 9.78 Å². The van der Waals surface area contributed by atoms with Gasteiger partial charge in [-0.25, -0.2) is 4.79 Å². The van der Waals surface area contributed by atoms with Crippen LogP contribution in [0.3, 0.4) is 0 Å². The summed E-state index contributed by atoms with van der Waals surface area (Å²) >= 11 is 0. The van der Waals surface area contributed by atoms with Crippen LogP contribution < -0.4 is 0 Å². The molecule has 1 rings (SSSR count). The van der Waals surface area contributed by atoms with Crippen molar-refractivity contribution in [2.45, 2.75) is 19.9 Å². The van der Waals surface area contributed by atoms with Crippen LogP contribution in [0.5, 0.6) is 0 Å². The second-order valence-corrected chi connectivity index (χ2v) is 3.71. The number of nitrogens with zero attached hydrogens (tertiary/aromatic N) is 2. The predicted octanol–water partition coefficient (Wildman–Crippen LogP) is 1.26. The van der Waals surface area contributed by atoms with Gasteiger partial charge in [0.15, 0.2) is 0 Å². The number of carbonyl (C=O) groups excluding carboxylic acids is 1. The van der Waals surface area contributed by atoms with Crippen molar-refractivity contribution >= 4 is 11.9 Å². The third kappa shape index (κ3) is 2.36. The molecule has 0 aliphatic heterocycles. The molecule has 0 bridgehead atoms. The van der Waals surface area contributed by atoms with Crippen LogP contribution in [-0.4, -0.2) is 40.0 Å². The van der Waals surface area contributed by atoms with Crippen LogP contribution in [0.2, 0.25) is 0 Å². The van der Waals surface area contributed by atoms with Gasteiger partial charge in [0.05, 0.1) is 5.56 Å². The van der Waals surface area contributed by atoms with Gasteiger partial charge >= 0.3 is 5.97 Å². The van der Waals surface area contributed by atoms with Crippen molar-refractivity contribution in [3.63, 3.8) is 0 Å². The topological polar surface area (TPSA) is 70.5 Å². The summed E-state index contributed by atoms with van der Waals surface area (Å²) in [5, 5.41) is 8.92. The van der Waals surface area contributed by atoms with Crippen molar-refractivity contribution in [2.24, 2.45) is 0 Å². The van der Waals surface area contributed by atoms with Crippen molar-refractivity contribution in [1.82, 2.24) is 9.88 Å². The molecule has 1 N–H and O–H groups in total. The zero-order valence-corrected chi connectivity index (χ0v) is 9.47. The molecule has 0 aliphatic carbocycles. The molecular formula is C11H14N2O3. The summed E-state index contributed by atoms with van der Waals surface area (Å²) in [4.78, 5) is 28.1. The van der Waals surface area contributed by atoms with Gasteiger partial charge in [0.1, 0.15) is 5.69 Å². The van der Waals surface area contributed by atoms with Crippen LogP contribution in [0.25, 0.3) is 0 Å². The maximum Gasteiger partial charge on any atom is 0.338 e. The van der Waals surface area contributed by atoms with Crippen LogP contribution in [0.1, 0.15) is 34.7 Å². The first-order valence-corrected chi connectivity index (χ1v) is 4.90. The Morgan fingerprint density at radius 2 is 2.06 bits per heavy atom. The van der Waals surface area contributed by atoms with Gasteiger partial charge < -0.3 is 10.0 Å². The molecule has 0 saturated heterocycles. The average molecular weight is 222 g/mol. The lowest BCUT2D eigenvalue weighted by atomic mass is 10.1. The SMILES string of the molecule is CC(C)N(C)C(=O)c1ncccc1C(=O)O. The molecule has 1 amide bonds. The van der Waals surface area contributed by atoms with Gasteiger partial charge in [-0.05, 0) is 26.0 Å². The molecule has 0 fully saturated rings. The fraction of sp³-hybridized carbons (Fsp3) is 0.364. The Hall–Kier alpha value is -1.91. The first-order chi connectivity index (χ1) is 7.45. The third-order valence-electron chi connectivity index (χ3n) is 2.34. The Kier molecular flexibility index (Phi) is 3.60. The van der Waals surface area contributed by atoms with Crippen LogP contribution in [0, 0.1) is 0 Å². The van der Waals surface area contributed by atoms with Crippen molar-refractivity contribution < 1.29 is 14.7 Å². The molecule has 0 aromatic carbocycles. The van der Waals surface area contributed by atoms with E-state index in [1.54, 1.807) is 7.05 Å². The lowest BCUT2D eigenvalue weighted by Crippen LogP contribution is -2.34. The Morgan fingerprint density at radius 3 is 2.56 bits per heavy atom. The van der Waals surface area contributed by atoms with Crippen molar-refractivity contribution in [3.8, 4) is 0 Å². The highest BCUT2D eigenvalue weighted by Crippen LogP contribution is 2.09. The lowest BCUT2D eigenvalue weighted by Gasteiger charge is -2.21. The summed E-state index contributed by atoms with van der Waals surface area (Å²) in [5.41, 5.74) is -0.0915. The average Bonchev–Trinajstić information content (AvgIpc) is 2.26. The smallest absolute Gasteiger partial charge is 0.338 e. The zero-order valence-electron chi connectivity index (χ0n) is 9.47. The number of carboxylic acid groups (broad SMARTS) is 1. The van der Waals surface area contributed by atoms with E-state index in [0.717, 1.165) is 0 Å². The quantitative estimate of drug-likeness (QED) is 0.835.